The molecule has 7 heteroatoms. The quantitative estimate of drug-likeness (QED) is 0.823. The number of esters is 2. The third kappa shape index (κ3) is 3.70. The molecule has 0 saturated carbocycles. The number of rotatable bonds is 5. The molecular formula is C18H26N2O5. The van der Waals surface area contributed by atoms with Crippen molar-refractivity contribution in [2.75, 3.05) is 20.3 Å². The number of ether oxygens (including phenoxy) is 2. The first kappa shape index (κ1) is 19.0. The van der Waals surface area contributed by atoms with E-state index in [0.717, 1.165) is 12.8 Å². The van der Waals surface area contributed by atoms with Crippen LogP contribution in [0.5, 0.6) is 0 Å². The largest absolute Gasteiger partial charge is 0.465 e. The van der Waals surface area contributed by atoms with Gasteiger partial charge in [0.15, 0.2) is 0 Å². The van der Waals surface area contributed by atoms with E-state index in [9.17, 15) is 14.4 Å². The third-order valence-corrected chi connectivity index (χ3v) is 4.61. The van der Waals surface area contributed by atoms with Crippen LogP contribution < -0.4 is 0 Å². The maximum atomic E-state index is 13.1. The second kappa shape index (κ2) is 8.18. The molecule has 0 bridgehead atoms. The predicted molar refractivity (Wildman–Crippen MR) is 91.6 cm³/mol. The Morgan fingerprint density at radius 2 is 1.96 bits per heavy atom. The summed E-state index contributed by atoms with van der Waals surface area (Å²) in [6.45, 7) is 6.14. The molecule has 1 N–H and O–H groups in total. The lowest BCUT2D eigenvalue weighted by molar-refractivity contribution is -0.149. The smallest absolute Gasteiger partial charge is 0.339 e. The molecule has 0 aromatic carbocycles. The average molecular weight is 350 g/mol. The Kier molecular flexibility index (Phi) is 6.22. The van der Waals surface area contributed by atoms with E-state index in [1.165, 1.54) is 7.11 Å². The highest BCUT2D eigenvalue weighted by Crippen LogP contribution is 2.25. The summed E-state index contributed by atoms with van der Waals surface area (Å²) in [5, 5.41) is 0. The first-order valence-electron chi connectivity index (χ1n) is 8.73. The standard InChI is InChI=1S/C18H26N2O5/c1-5-12-14(18(23)24-4)11(3)15(19-12)16(21)20-10-8-7-9-13(20)17(22)25-6-2/h13,19H,5-10H2,1-4H3. The van der Waals surface area contributed by atoms with Gasteiger partial charge in [0, 0.05) is 12.2 Å². The minimum absolute atomic E-state index is 0.278. The molecule has 0 aliphatic carbocycles. The minimum atomic E-state index is -0.574. The number of likely N-dealkylation sites (tertiary alicyclic amines) is 1. The molecule has 7 nitrogen and oxygen atoms in total. The summed E-state index contributed by atoms with van der Waals surface area (Å²) in [5.74, 6) is -1.12. The number of aryl methyl sites for hydroxylation is 1. The molecule has 1 fully saturated rings. The second-order valence-electron chi connectivity index (χ2n) is 6.09. The monoisotopic (exact) mass is 350 g/mol. The highest BCUT2D eigenvalue weighted by atomic mass is 16.5. The van der Waals surface area contributed by atoms with Crippen molar-refractivity contribution in [3.8, 4) is 0 Å². The third-order valence-electron chi connectivity index (χ3n) is 4.61. The molecule has 2 heterocycles. The number of amides is 1. The van der Waals surface area contributed by atoms with Crippen molar-refractivity contribution in [2.45, 2.75) is 52.5 Å². The lowest BCUT2D eigenvalue weighted by atomic mass is 10.0. The summed E-state index contributed by atoms with van der Waals surface area (Å²) in [7, 11) is 1.32. The highest BCUT2D eigenvalue weighted by Gasteiger charge is 2.36. The second-order valence-corrected chi connectivity index (χ2v) is 6.09. The molecule has 1 aliphatic rings. The van der Waals surface area contributed by atoms with Gasteiger partial charge in [0.1, 0.15) is 11.7 Å². The van der Waals surface area contributed by atoms with Crippen LogP contribution in [0.4, 0.5) is 0 Å². The molecule has 1 amide bonds. The topological polar surface area (TPSA) is 88.7 Å². The summed E-state index contributed by atoms with van der Waals surface area (Å²) >= 11 is 0. The minimum Gasteiger partial charge on any atom is -0.465 e. The molecule has 0 radical (unpaired) electrons. The van der Waals surface area contributed by atoms with Crippen LogP contribution in [0.15, 0.2) is 0 Å². The van der Waals surface area contributed by atoms with Crippen LogP contribution in [-0.2, 0) is 20.7 Å². The van der Waals surface area contributed by atoms with E-state index < -0.39 is 12.0 Å². The highest BCUT2D eigenvalue weighted by molar-refractivity contribution is 6.01. The van der Waals surface area contributed by atoms with Crippen LogP contribution in [0.2, 0.25) is 0 Å². The number of carbonyl (C=O) groups excluding carboxylic acids is 3. The van der Waals surface area contributed by atoms with E-state index in [2.05, 4.69) is 4.98 Å². The Balaban J connectivity index is 2.37. The lowest BCUT2D eigenvalue weighted by Gasteiger charge is -2.33. The first-order chi connectivity index (χ1) is 12.0. The summed E-state index contributed by atoms with van der Waals surface area (Å²) in [6, 6.07) is -0.574. The maximum absolute atomic E-state index is 13.1. The van der Waals surface area contributed by atoms with Gasteiger partial charge in [0.25, 0.3) is 5.91 Å². The number of hydrogen-bond donors (Lipinski definition) is 1. The SMILES string of the molecule is CCOC(=O)C1CCCCN1C(=O)c1[nH]c(CC)c(C(=O)OC)c1C. The van der Waals surface area contributed by atoms with Crippen LogP contribution in [0, 0.1) is 6.92 Å². The molecule has 25 heavy (non-hydrogen) atoms. The lowest BCUT2D eigenvalue weighted by Crippen LogP contribution is -2.49. The van der Waals surface area contributed by atoms with Crippen LogP contribution in [0.25, 0.3) is 0 Å². The summed E-state index contributed by atoms with van der Waals surface area (Å²) in [4.78, 5) is 41.9. The molecular weight excluding hydrogens is 324 g/mol. The number of aromatic amines is 1. The molecule has 1 atom stereocenters. The van der Waals surface area contributed by atoms with Crippen molar-refractivity contribution in [3.63, 3.8) is 0 Å². The Morgan fingerprint density at radius 3 is 2.56 bits per heavy atom. The van der Waals surface area contributed by atoms with Crippen molar-refractivity contribution in [1.29, 1.82) is 0 Å². The van der Waals surface area contributed by atoms with Gasteiger partial charge in [-0.15, -0.1) is 0 Å². The van der Waals surface area contributed by atoms with Crippen LogP contribution in [-0.4, -0.2) is 54.0 Å². The van der Waals surface area contributed by atoms with Crippen molar-refractivity contribution in [2.24, 2.45) is 0 Å². The number of H-pyrrole nitrogens is 1. The number of nitrogens with one attached hydrogen (secondary N) is 1. The van der Waals surface area contributed by atoms with Gasteiger partial charge in [-0.1, -0.05) is 6.92 Å². The van der Waals surface area contributed by atoms with Gasteiger partial charge >= 0.3 is 11.9 Å². The van der Waals surface area contributed by atoms with Gasteiger partial charge in [0.05, 0.1) is 19.3 Å². The zero-order valence-electron chi connectivity index (χ0n) is 15.3. The summed E-state index contributed by atoms with van der Waals surface area (Å²) in [6.07, 6.45) is 2.88. The zero-order chi connectivity index (χ0) is 18.6. The number of carbonyl (C=O) groups is 3. The van der Waals surface area contributed by atoms with Crippen molar-refractivity contribution >= 4 is 17.8 Å². The first-order valence-corrected chi connectivity index (χ1v) is 8.73. The predicted octanol–water partition coefficient (Wildman–Crippen LogP) is 2.23. The molecule has 2 rings (SSSR count). The van der Waals surface area contributed by atoms with Crippen molar-refractivity contribution in [1.82, 2.24) is 9.88 Å². The molecule has 138 valence electrons. The molecule has 1 aromatic heterocycles. The Morgan fingerprint density at radius 1 is 1.24 bits per heavy atom. The number of methoxy groups -OCH3 is 1. The number of nitrogens with zero attached hydrogens (tertiary/aromatic N) is 1. The van der Waals surface area contributed by atoms with Crippen LogP contribution in [0.3, 0.4) is 0 Å². The van der Waals surface area contributed by atoms with Gasteiger partial charge in [0.2, 0.25) is 0 Å². The summed E-state index contributed by atoms with van der Waals surface area (Å²) in [5.41, 5.74) is 1.96. The summed E-state index contributed by atoms with van der Waals surface area (Å²) < 4.78 is 9.95. The van der Waals surface area contributed by atoms with Gasteiger partial charge < -0.3 is 19.4 Å². The number of piperidine rings is 1. The van der Waals surface area contributed by atoms with Crippen molar-refractivity contribution < 1.29 is 23.9 Å². The fourth-order valence-corrected chi connectivity index (χ4v) is 3.32. The van der Waals surface area contributed by atoms with Gasteiger partial charge in [-0.05, 0) is 45.1 Å². The Labute approximate surface area is 147 Å². The van der Waals surface area contributed by atoms with Gasteiger partial charge in [-0.3, -0.25) is 4.79 Å². The fraction of sp³-hybridized carbons (Fsp3) is 0.611. The van der Waals surface area contributed by atoms with Crippen molar-refractivity contribution in [3.05, 3.63) is 22.5 Å². The molecule has 1 aromatic rings. The normalized spacial score (nSPS) is 17.3. The van der Waals surface area contributed by atoms with Crippen LogP contribution >= 0.6 is 0 Å². The fourth-order valence-electron chi connectivity index (χ4n) is 3.32. The van der Waals surface area contributed by atoms with E-state index in [4.69, 9.17) is 9.47 Å². The van der Waals surface area contributed by atoms with E-state index in [1.54, 1.807) is 18.7 Å². The van der Waals surface area contributed by atoms with Gasteiger partial charge in [-0.2, -0.15) is 0 Å². The van der Waals surface area contributed by atoms with Gasteiger partial charge in [-0.25, -0.2) is 9.59 Å². The maximum Gasteiger partial charge on any atom is 0.339 e. The molecule has 0 spiro atoms. The molecule has 1 unspecified atom stereocenters. The zero-order valence-corrected chi connectivity index (χ0v) is 15.3. The Hall–Kier alpha value is -2.31. The van der Waals surface area contributed by atoms with E-state index in [-0.39, 0.29) is 18.5 Å². The average Bonchev–Trinajstić information content (AvgIpc) is 2.97. The Bertz CT molecular complexity index is 665. The number of aromatic nitrogens is 1. The molecule has 1 aliphatic heterocycles. The van der Waals surface area contributed by atoms with E-state index in [0.29, 0.717) is 41.9 Å². The van der Waals surface area contributed by atoms with E-state index in [1.807, 2.05) is 6.92 Å². The van der Waals surface area contributed by atoms with E-state index >= 15 is 0 Å². The van der Waals surface area contributed by atoms with Crippen LogP contribution in [0.1, 0.15) is 65.2 Å². The number of hydrogen-bond acceptors (Lipinski definition) is 5. The molecule has 1 saturated heterocycles.